The second-order valence-electron chi connectivity index (χ2n) is 6.21. The van der Waals surface area contributed by atoms with Crippen LogP contribution in [-0.4, -0.2) is 5.11 Å². The molecule has 0 spiro atoms. The average molecular weight is 286 g/mol. The molecule has 20 heavy (non-hydrogen) atoms. The third kappa shape index (κ3) is 3.35. The van der Waals surface area contributed by atoms with Crippen LogP contribution in [0.15, 0.2) is 24.3 Å². The van der Waals surface area contributed by atoms with Gasteiger partial charge in [-0.1, -0.05) is 32.0 Å². The molecule has 0 aromatic heterocycles. The Hall–Kier alpha value is -1.03. The second kappa shape index (κ2) is 5.76. The van der Waals surface area contributed by atoms with Gasteiger partial charge in [0.25, 0.3) is 0 Å². The van der Waals surface area contributed by atoms with Crippen LogP contribution in [0.4, 0.5) is 13.2 Å². The summed E-state index contributed by atoms with van der Waals surface area (Å²) in [5.74, 6) is 0.824. The topological polar surface area (TPSA) is 20.2 Å². The normalized spacial score (nSPS) is 29.2. The molecular formula is C16H21F3O. The second-order valence-corrected chi connectivity index (χ2v) is 6.21. The predicted octanol–water partition coefficient (Wildman–Crippen LogP) is 4.81. The van der Waals surface area contributed by atoms with Gasteiger partial charge in [-0.25, -0.2) is 0 Å². The Balaban J connectivity index is 2.27. The van der Waals surface area contributed by atoms with E-state index in [2.05, 4.69) is 13.8 Å². The number of hydrogen-bond donors (Lipinski definition) is 1. The molecule has 1 aliphatic carbocycles. The summed E-state index contributed by atoms with van der Waals surface area (Å²) in [5.41, 5.74) is -0.690. The van der Waals surface area contributed by atoms with Gasteiger partial charge in [0.15, 0.2) is 0 Å². The number of benzene rings is 1. The summed E-state index contributed by atoms with van der Waals surface area (Å²) in [7, 11) is 0. The molecule has 4 heteroatoms. The summed E-state index contributed by atoms with van der Waals surface area (Å²) in [4.78, 5) is 0. The first-order valence-corrected chi connectivity index (χ1v) is 7.13. The van der Waals surface area contributed by atoms with Crippen molar-refractivity contribution < 1.29 is 18.3 Å². The first-order valence-electron chi connectivity index (χ1n) is 7.13. The number of aliphatic hydroxyl groups is 1. The fourth-order valence-corrected chi connectivity index (χ4v) is 3.53. The Labute approximate surface area is 117 Å². The number of alkyl halides is 3. The van der Waals surface area contributed by atoms with Crippen LogP contribution in [-0.2, 0) is 6.18 Å². The van der Waals surface area contributed by atoms with E-state index in [1.807, 2.05) is 0 Å². The smallest absolute Gasteiger partial charge is 0.388 e. The molecule has 0 aliphatic heterocycles. The van der Waals surface area contributed by atoms with Crippen molar-refractivity contribution in [2.45, 2.75) is 45.4 Å². The first-order chi connectivity index (χ1) is 9.29. The molecule has 0 bridgehead atoms. The lowest BCUT2D eigenvalue weighted by Gasteiger charge is -2.35. The van der Waals surface area contributed by atoms with Crippen LogP contribution < -0.4 is 0 Å². The lowest BCUT2D eigenvalue weighted by molar-refractivity contribution is -0.139. The van der Waals surface area contributed by atoms with E-state index in [0.717, 1.165) is 25.3 Å². The zero-order valence-corrected chi connectivity index (χ0v) is 11.8. The van der Waals surface area contributed by atoms with Gasteiger partial charge in [-0.05, 0) is 48.6 Å². The molecule has 3 atom stereocenters. The molecule has 0 amide bonds. The van der Waals surface area contributed by atoms with E-state index in [4.69, 9.17) is 0 Å². The lowest BCUT2D eigenvalue weighted by atomic mass is 9.73. The average Bonchev–Trinajstić information content (AvgIpc) is 2.35. The third-order valence-corrected chi connectivity index (χ3v) is 4.25. The van der Waals surface area contributed by atoms with Crippen molar-refractivity contribution in [1.82, 2.24) is 0 Å². The van der Waals surface area contributed by atoms with Crippen LogP contribution in [0.2, 0.25) is 0 Å². The molecule has 0 radical (unpaired) electrons. The van der Waals surface area contributed by atoms with Crippen molar-refractivity contribution in [3.05, 3.63) is 35.4 Å². The van der Waals surface area contributed by atoms with E-state index in [0.29, 0.717) is 11.8 Å². The lowest BCUT2D eigenvalue weighted by Crippen LogP contribution is -2.26. The summed E-state index contributed by atoms with van der Waals surface area (Å²) in [6, 6.07) is 5.38. The Bertz CT molecular complexity index is 445. The van der Waals surface area contributed by atoms with E-state index in [9.17, 15) is 18.3 Å². The fourth-order valence-electron chi connectivity index (χ4n) is 3.53. The van der Waals surface area contributed by atoms with Crippen molar-refractivity contribution in [1.29, 1.82) is 0 Å². The van der Waals surface area contributed by atoms with Gasteiger partial charge in [-0.15, -0.1) is 0 Å². The maximum atomic E-state index is 13.0. The van der Waals surface area contributed by atoms with E-state index >= 15 is 0 Å². The molecule has 2 rings (SSSR count). The van der Waals surface area contributed by atoms with Crippen molar-refractivity contribution in [2.24, 2.45) is 17.8 Å². The van der Waals surface area contributed by atoms with Crippen LogP contribution in [0, 0.1) is 17.8 Å². The minimum absolute atomic E-state index is 0.0197. The van der Waals surface area contributed by atoms with E-state index in [-0.39, 0.29) is 11.5 Å². The van der Waals surface area contributed by atoms with Gasteiger partial charge in [0.1, 0.15) is 0 Å². The number of halogens is 3. The maximum Gasteiger partial charge on any atom is 0.416 e. The Morgan fingerprint density at radius 3 is 2.15 bits per heavy atom. The Kier molecular flexibility index (Phi) is 4.43. The molecule has 112 valence electrons. The van der Waals surface area contributed by atoms with E-state index in [1.165, 1.54) is 12.1 Å². The summed E-state index contributed by atoms with van der Waals surface area (Å²) >= 11 is 0. The van der Waals surface area contributed by atoms with Gasteiger partial charge < -0.3 is 5.11 Å². The highest BCUT2D eigenvalue weighted by Crippen LogP contribution is 2.43. The minimum Gasteiger partial charge on any atom is -0.388 e. The molecule has 0 heterocycles. The standard InChI is InChI=1S/C16H21F3O/c1-10-7-11(2)9-12(8-10)15(20)13-5-3-4-6-14(13)16(17,18)19/h3-6,10-12,15,20H,7-9H2,1-2H3. The molecule has 0 saturated heterocycles. The van der Waals surface area contributed by atoms with Crippen LogP contribution in [0.25, 0.3) is 0 Å². The van der Waals surface area contributed by atoms with Crippen LogP contribution in [0.1, 0.15) is 50.3 Å². The molecule has 1 nitrogen and oxygen atoms in total. The molecule has 1 aromatic carbocycles. The molecule has 1 fully saturated rings. The van der Waals surface area contributed by atoms with Crippen LogP contribution in [0.5, 0.6) is 0 Å². The monoisotopic (exact) mass is 286 g/mol. The molecular weight excluding hydrogens is 265 g/mol. The molecule has 1 saturated carbocycles. The van der Waals surface area contributed by atoms with Crippen molar-refractivity contribution in [2.75, 3.05) is 0 Å². The third-order valence-electron chi connectivity index (χ3n) is 4.25. The zero-order valence-electron chi connectivity index (χ0n) is 11.8. The highest BCUT2D eigenvalue weighted by Gasteiger charge is 2.37. The van der Waals surface area contributed by atoms with Crippen molar-refractivity contribution in [3.8, 4) is 0 Å². The van der Waals surface area contributed by atoms with Gasteiger partial charge in [0.2, 0.25) is 0 Å². The first kappa shape index (κ1) is 15.4. The highest BCUT2D eigenvalue weighted by molar-refractivity contribution is 5.32. The van der Waals surface area contributed by atoms with E-state index < -0.39 is 17.8 Å². The molecule has 1 aromatic rings. The number of aliphatic hydroxyl groups excluding tert-OH is 1. The van der Waals surface area contributed by atoms with Crippen molar-refractivity contribution in [3.63, 3.8) is 0 Å². The minimum atomic E-state index is -4.41. The van der Waals surface area contributed by atoms with Gasteiger partial charge in [0, 0.05) is 0 Å². The molecule has 1 aliphatic rings. The Morgan fingerprint density at radius 2 is 1.60 bits per heavy atom. The van der Waals surface area contributed by atoms with Gasteiger partial charge in [0.05, 0.1) is 11.7 Å². The van der Waals surface area contributed by atoms with E-state index in [1.54, 1.807) is 6.07 Å². The van der Waals surface area contributed by atoms with Crippen molar-refractivity contribution >= 4 is 0 Å². The molecule has 1 N–H and O–H groups in total. The highest BCUT2D eigenvalue weighted by atomic mass is 19.4. The summed E-state index contributed by atoms with van der Waals surface area (Å²) in [6.45, 7) is 4.20. The quantitative estimate of drug-likeness (QED) is 0.827. The summed E-state index contributed by atoms with van der Waals surface area (Å²) in [5, 5.41) is 10.4. The summed E-state index contributed by atoms with van der Waals surface area (Å²) < 4.78 is 39.1. The van der Waals surface area contributed by atoms with Gasteiger partial charge in [-0.2, -0.15) is 13.2 Å². The zero-order chi connectivity index (χ0) is 14.9. The SMILES string of the molecule is CC1CC(C)CC(C(O)c2ccccc2C(F)(F)F)C1. The predicted molar refractivity (Wildman–Crippen MR) is 72.1 cm³/mol. The maximum absolute atomic E-state index is 13.0. The summed E-state index contributed by atoms with van der Waals surface area (Å²) in [6.07, 6.45) is -2.78. The Morgan fingerprint density at radius 1 is 1.05 bits per heavy atom. The largest absolute Gasteiger partial charge is 0.416 e. The van der Waals surface area contributed by atoms with Crippen LogP contribution in [0.3, 0.4) is 0 Å². The van der Waals surface area contributed by atoms with Gasteiger partial charge >= 0.3 is 6.18 Å². The number of hydrogen-bond acceptors (Lipinski definition) is 1. The number of rotatable bonds is 2. The van der Waals surface area contributed by atoms with Gasteiger partial charge in [-0.3, -0.25) is 0 Å². The van der Waals surface area contributed by atoms with Crippen LogP contribution >= 0.6 is 0 Å². The molecule has 3 unspecified atom stereocenters. The fraction of sp³-hybridized carbons (Fsp3) is 0.625.